The molecule has 1 amide bonds. The van der Waals surface area contributed by atoms with Crippen LogP contribution in [0.2, 0.25) is 0 Å². The van der Waals surface area contributed by atoms with E-state index in [4.69, 9.17) is 9.47 Å². The van der Waals surface area contributed by atoms with Crippen molar-refractivity contribution in [2.24, 2.45) is 0 Å². The summed E-state index contributed by atoms with van der Waals surface area (Å²) in [6, 6.07) is 11.6. The molecule has 0 aliphatic heterocycles. The zero-order valence-electron chi connectivity index (χ0n) is 18.4. The van der Waals surface area contributed by atoms with Gasteiger partial charge in [0, 0.05) is 11.8 Å². The van der Waals surface area contributed by atoms with E-state index in [0.717, 1.165) is 5.56 Å². The van der Waals surface area contributed by atoms with Crippen LogP contribution >= 0.6 is 0 Å². The van der Waals surface area contributed by atoms with Gasteiger partial charge in [-0.15, -0.1) is 0 Å². The zero-order valence-corrected chi connectivity index (χ0v) is 18.4. The van der Waals surface area contributed by atoms with Gasteiger partial charge in [-0.1, -0.05) is 25.1 Å². The van der Waals surface area contributed by atoms with Crippen LogP contribution in [0.4, 0.5) is 11.4 Å². The van der Waals surface area contributed by atoms with Crippen LogP contribution in [0.3, 0.4) is 0 Å². The maximum absolute atomic E-state index is 12.4. The molecule has 0 fully saturated rings. The lowest BCUT2D eigenvalue weighted by atomic mass is 9.97. The van der Waals surface area contributed by atoms with Gasteiger partial charge in [-0.25, -0.2) is 0 Å². The minimum absolute atomic E-state index is 0.0211. The third-order valence-electron chi connectivity index (χ3n) is 4.46. The molecule has 1 unspecified atom stereocenters. The summed E-state index contributed by atoms with van der Waals surface area (Å²) in [5, 5.41) is 13.8. The van der Waals surface area contributed by atoms with Crippen LogP contribution in [-0.4, -0.2) is 29.5 Å². The second kappa shape index (κ2) is 10.1. The van der Waals surface area contributed by atoms with Gasteiger partial charge < -0.3 is 14.8 Å². The normalized spacial score (nSPS) is 12.0. The number of nitro benzene ring substituents is 1. The van der Waals surface area contributed by atoms with E-state index in [1.807, 2.05) is 39.8 Å². The Kier molecular flexibility index (Phi) is 7.74. The minimum atomic E-state index is -0.534. The Bertz CT molecular complexity index is 948. The molecule has 2 rings (SSSR count). The molecule has 2 aromatic carbocycles. The van der Waals surface area contributed by atoms with E-state index in [2.05, 4.69) is 5.32 Å². The topological polar surface area (TPSA) is 108 Å². The van der Waals surface area contributed by atoms with Gasteiger partial charge in [0.05, 0.1) is 24.9 Å². The molecule has 0 spiro atoms. The van der Waals surface area contributed by atoms with E-state index in [0.29, 0.717) is 11.3 Å². The molecule has 1 N–H and O–H groups in total. The number of benzene rings is 2. The van der Waals surface area contributed by atoms with E-state index in [1.54, 1.807) is 12.1 Å². The van der Waals surface area contributed by atoms with Crippen LogP contribution in [0.15, 0.2) is 42.5 Å². The van der Waals surface area contributed by atoms with Gasteiger partial charge in [0.1, 0.15) is 5.60 Å². The lowest BCUT2D eigenvalue weighted by Gasteiger charge is -2.21. The zero-order chi connectivity index (χ0) is 23.2. The number of methoxy groups -OCH3 is 1. The molecule has 8 nitrogen and oxygen atoms in total. The molecule has 31 heavy (non-hydrogen) atoms. The van der Waals surface area contributed by atoms with E-state index in [1.165, 1.54) is 25.3 Å². The van der Waals surface area contributed by atoms with E-state index < -0.39 is 10.5 Å². The number of esters is 1. The Labute approximate surface area is 181 Å². The first-order chi connectivity index (χ1) is 14.5. The summed E-state index contributed by atoms with van der Waals surface area (Å²) in [6.07, 6.45) is 0.316. The van der Waals surface area contributed by atoms with Crippen molar-refractivity contribution in [1.82, 2.24) is 0 Å². The maximum Gasteiger partial charge on any atom is 0.310 e. The average Bonchev–Trinajstić information content (AvgIpc) is 2.66. The second-order valence-electron chi connectivity index (χ2n) is 8.30. The number of hydrogen-bond donors (Lipinski definition) is 1. The highest BCUT2D eigenvalue weighted by Gasteiger charge is 2.19. The Morgan fingerprint density at radius 1 is 1.13 bits per heavy atom. The predicted octanol–water partition coefficient (Wildman–Crippen LogP) is 4.62. The Morgan fingerprint density at radius 2 is 1.77 bits per heavy atom. The molecule has 0 aliphatic rings. The third-order valence-corrected chi connectivity index (χ3v) is 4.46. The largest absolute Gasteiger partial charge is 0.490 e. The maximum atomic E-state index is 12.4. The number of nitrogens with zero attached hydrogens (tertiary/aromatic N) is 1. The quantitative estimate of drug-likeness (QED) is 0.373. The van der Waals surface area contributed by atoms with E-state index >= 15 is 0 Å². The van der Waals surface area contributed by atoms with Crippen LogP contribution in [0, 0.1) is 10.1 Å². The highest BCUT2D eigenvalue weighted by Crippen LogP contribution is 2.28. The van der Waals surface area contributed by atoms with Gasteiger partial charge in [-0.05, 0) is 56.0 Å². The summed E-state index contributed by atoms with van der Waals surface area (Å²) < 4.78 is 10.4. The summed E-state index contributed by atoms with van der Waals surface area (Å²) >= 11 is 0. The van der Waals surface area contributed by atoms with E-state index in [-0.39, 0.29) is 42.1 Å². The number of nitro groups is 1. The van der Waals surface area contributed by atoms with Crippen LogP contribution in [0.25, 0.3) is 0 Å². The lowest BCUT2D eigenvalue weighted by molar-refractivity contribution is -0.385. The van der Waals surface area contributed by atoms with Crippen LogP contribution < -0.4 is 10.1 Å². The van der Waals surface area contributed by atoms with Crippen molar-refractivity contribution in [1.29, 1.82) is 0 Å². The average molecular weight is 428 g/mol. The lowest BCUT2D eigenvalue weighted by Crippen LogP contribution is -2.24. The smallest absolute Gasteiger partial charge is 0.310 e. The molecule has 0 saturated carbocycles. The second-order valence-corrected chi connectivity index (χ2v) is 8.30. The molecule has 2 aromatic rings. The Balaban J connectivity index is 1.96. The molecule has 1 atom stereocenters. The summed E-state index contributed by atoms with van der Waals surface area (Å²) in [7, 11) is 1.34. The molecule has 0 aromatic heterocycles. The fraction of sp³-hybridized carbons (Fsp3) is 0.391. The number of rotatable bonds is 8. The Morgan fingerprint density at radius 3 is 2.32 bits per heavy atom. The van der Waals surface area contributed by atoms with Crippen molar-refractivity contribution in [2.75, 3.05) is 12.4 Å². The number of anilines is 1. The standard InChI is InChI=1S/C23H28N2O6/c1-15(12-22(27)31-23(2,3)4)17-7-9-18(10-8-17)24-21(26)14-16-6-11-19(25(28)29)20(13-16)30-5/h6-11,13,15H,12,14H2,1-5H3,(H,24,26). The highest BCUT2D eigenvalue weighted by atomic mass is 16.6. The molecular formula is C23H28N2O6. The Hall–Kier alpha value is -3.42. The van der Waals surface area contributed by atoms with Gasteiger partial charge in [-0.3, -0.25) is 19.7 Å². The van der Waals surface area contributed by atoms with Gasteiger partial charge in [-0.2, -0.15) is 0 Å². The van der Waals surface area contributed by atoms with Crippen molar-refractivity contribution in [2.45, 2.75) is 52.1 Å². The van der Waals surface area contributed by atoms with Gasteiger partial charge >= 0.3 is 11.7 Å². The molecule has 166 valence electrons. The first kappa shape index (κ1) is 23.9. The highest BCUT2D eigenvalue weighted by molar-refractivity contribution is 5.92. The number of ether oxygens (including phenoxy) is 2. The number of carbonyl (C=O) groups excluding carboxylic acids is 2. The summed E-state index contributed by atoms with van der Waals surface area (Å²) in [6.45, 7) is 7.44. The van der Waals surface area contributed by atoms with Crippen molar-refractivity contribution in [3.8, 4) is 5.75 Å². The molecule has 0 bridgehead atoms. The third kappa shape index (κ3) is 7.40. The van der Waals surface area contributed by atoms with Crippen molar-refractivity contribution in [3.05, 3.63) is 63.7 Å². The van der Waals surface area contributed by atoms with Gasteiger partial charge in [0.25, 0.3) is 0 Å². The summed E-state index contributed by atoms with van der Waals surface area (Å²) in [4.78, 5) is 34.8. The molecular weight excluding hydrogens is 400 g/mol. The first-order valence-corrected chi connectivity index (χ1v) is 9.91. The number of amides is 1. The number of hydrogen-bond acceptors (Lipinski definition) is 6. The number of nitrogens with one attached hydrogen (secondary N) is 1. The van der Waals surface area contributed by atoms with Crippen molar-refractivity contribution < 1.29 is 24.0 Å². The molecule has 8 heteroatoms. The minimum Gasteiger partial charge on any atom is -0.490 e. The molecule has 0 aliphatic carbocycles. The SMILES string of the molecule is COc1cc(CC(=O)Nc2ccc(C(C)CC(=O)OC(C)(C)C)cc2)ccc1[N+](=O)[O-]. The fourth-order valence-corrected chi connectivity index (χ4v) is 3.02. The molecule has 0 heterocycles. The van der Waals surface area contributed by atoms with Gasteiger partial charge in [0.2, 0.25) is 5.91 Å². The molecule has 0 radical (unpaired) electrons. The van der Waals surface area contributed by atoms with Crippen LogP contribution in [-0.2, 0) is 20.7 Å². The number of carbonyl (C=O) groups is 2. The summed E-state index contributed by atoms with van der Waals surface area (Å²) in [5.74, 6) is -0.424. The predicted molar refractivity (Wildman–Crippen MR) is 117 cm³/mol. The van der Waals surface area contributed by atoms with Crippen molar-refractivity contribution >= 4 is 23.3 Å². The molecule has 0 saturated heterocycles. The van der Waals surface area contributed by atoms with Crippen LogP contribution in [0.5, 0.6) is 5.75 Å². The summed E-state index contributed by atoms with van der Waals surface area (Å²) in [5.41, 5.74) is 1.51. The fourth-order valence-electron chi connectivity index (χ4n) is 3.02. The monoisotopic (exact) mass is 428 g/mol. The van der Waals surface area contributed by atoms with Crippen molar-refractivity contribution in [3.63, 3.8) is 0 Å². The van der Waals surface area contributed by atoms with Crippen LogP contribution in [0.1, 0.15) is 51.2 Å². The van der Waals surface area contributed by atoms with Gasteiger partial charge in [0.15, 0.2) is 5.75 Å². The van der Waals surface area contributed by atoms with E-state index in [9.17, 15) is 19.7 Å². The first-order valence-electron chi connectivity index (χ1n) is 9.91.